The Hall–Kier alpha value is -2.86. The van der Waals surface area contributed by atoms with Gasteiger partial charge >= 0.3 is 0 Å². The number of fused-ring (bicyclic) bond motifs is 1. The molecule has 2 aromatic rings. The summed E-state index contributed by atoms with van der Waals surface area (Å²) in [7, 11) is 0. The lowest BCUT2D eigenvalue weighted by Crippen LogP contribution is -2.21. The van der Waals surface area contributed by atoms with E-state index in [0.717, 1.165) is 25.7 Å². The largest absolute Gasteiger partial charge is 0.0955 e. The van der Waals surface area contributed by atoms with Crippen LogP contribution in [0.3, 0.4) is 0 Å². The Labute approximate surface area is 201 Å². The fourth-order valence-electron chi connectivity index (χ4n) is 5.81. The number of aryl methyl sites for hydroxylation is 2. The lowest BCUT2D eigenvalue weighted by Gasteiger charge is -2.34. The molecule has 0 heteroatoms. The molecule has 0 aliphatic heterocycles. The fourth-order valence-corrected chi connectivity index (χ4v) is 5.81. The van der Waals surface area contributed by atoms with E-state index in [1.165, 1.54) is 62.1 Å². The summed E-state index contributed by atoms with van der Waals surface area (Å²) < 4.78 is 0. The molecule has 2 aliphatic carbocycles. The second-order valence-electron chi connectivity index (χ2n) is 9.84. The van der Waals surface area contributed by atoms with Crippen molar-refractivity contribution in [2.24, 2.45) is 5.92 Å². The molecule has 2 unspecified atom stereocenters. The second-order valence-corrected chi connectivity index (χ2v) is 9.84. The van der Waals surface area contributed by atoms with Crippen molar-refractivity contribution in [2.45, 2.75) is 65.7 Å². The van der Waals surface area contributed by atoms with E-state index in [-0.39, 0.29) is 0 Å². The van der Waals surface area contributed by atoms with Crippen molar-refractivity contribution in [3.63, 3.8) is 0 Å². The van der Waals surface area contributed by atoms with Crippen molar-refractivity contribution < 1.29 is 0 Å². The summed E-state index contributed by atoms with van der Waals surface area (Å²) >= 11 is 0. The third-order valence-corrected chi connectivity index (χ3v) is 7.38. The highest BCUT2D eigenvalue weighted by molar-refractivity contribution is 5.68. The molecule has 0 saturated heterocycles. The van der Waals surface area contributed by atoms with Crippen LogP contribution in [0.5, 0.6) is 0 Å². The average Bonchev–Trinajstić information content (AvgIpc) is 3.10. The van der Waals surface area contributed by atoms with Crippen LogP contribution in [0.15, 0.2) is 101 Å². The summed E-state index contributed by atoms with van der Waals surface area (Å²) in [6.45, 7) is 18.2. The molecule has 0 nitrogen and oxygen atoms in total. The minimum absolute atomic E-state index is 0.303. The molecule has 2 aliphatic rings. The Kier molecular flexibility index (Phi) is 7.03. The van der Waals surface area contributed by atoms with Crippen LogP contribution in [0.1, 0.15) is 74.6 Å². The van der Waals surface area contributed by atoms with Gasteiger partial charge in [-0.05, 0) is 77.7 Å². The van der Waals surface area contributed by atoms with Crippen LogP contribution < -0.4 is 0 Å². The maximum Gasteiger partial charge on any atom is 0.0201 e. The van der Waals surface area contributed by atoms with Gasteiger partial charge in [0.05, 0.1) is 0 Å². The molecule has 0 spiro atoms. The Morgan fingerprint density at radius 2 is 1.76 bits per heavy atom. The van der Waals surface area contributed by atoms with Crippen LogP contribution in [0.25, 0.3) is 6.08 Å². The Morgan fingerprint density at radius 3 is 2.45 bits per heavy atom. The second kappa shape index (κ2) is 9.96. The van der Waals surface area contributed by atoms with Gasteiger partial charge in [0.2, 0.25) is 0 Å². The van der Waals surface area contributed by atoms with E-state index in [4.69, 9.17) is 0 Å². The number of hydrogen-bond donors (Lipinski definition) is 0. The molecule has 2 atom stereocenters. The first-order valence-corrected chi connectivity index (χ1v) is 12.6. The van der Waals surface area contributed by atoms with Gasteiger partial charge in [0.15, 0.2) is 0 Å². The van der Waals surface area contributed by atoms with Crippen molar-refractivity contribution in [2.75, 3.05) is 0 Å². The Balaban J connectivity index is 1.76. The van der Waals surface area contributed by atoms with Gasteiger partial charge in [0.1, 0.15) is 0 Å². The van der Waals surface area contributed by atoms with Crippen molar-refractivity contribution in [1.82, 2.24) is 0 Å². The molecule has 0 amide bonds. The maximum absolute atomic E-state index is 4.67. The summed E-state index contributed by atoms with van der Waals surface area (Å²) in [4.78, 5) is 0. The zero-order chi connectivity index (χ0) is 23.5. The van der Waals surface area contributed by atoms with Crippen LogP contribution in [0.2, 0.25) is 0 Å². The summed E-state index contributed by atoms with van der Waals surface area (Å²) in [6, 6.07) is 17.9. The molecule has 0 heterocycles. The van der Waals surface area contributed by atoms with Crippen molar-refractivity contribution >= 4 is 6.08 Å². The number of rotatable bonds is 7. The molecular weight excluding hydrogens is 396 g/mol. The standard InChI is InChI=1S/C33H38/c1-7-12-23(4)31-24(5)18-30-21-29(20-26-17-16-22(3)28(19-26)13-8-2)25(6)32(30)33(31)27-14-10-9-11-15-27/h9-11,14-20,32-33H,4,6-8,12-13,21H2,1-3,5H3. The number of allylic oxidation sites excluding steroid dienone is 7. The lowest BCUT2D eigenvalue weighted by molar-refractivity contribution is 0.619. The van der Waals surface area contributed by atoms with Crippen LogP contribution >= 0.6 is 0 Å². The molecule has 0 bridgehead atoms. The average molecular weight is 435 g/mol. The monoisotopic (exact) mass is 434 g/mol. The summed E-state index contributed by atoms with van der Waals surface area (Å²) in [5.74, 6) is 0.629. The zero-order valence-corrected chi connectivity index (χ0v) is 20.9. The van der Waals surface area contributed by atoms with E-state index >= 15 is 0 Å². The first-order chi connectivity index (χ1) is 15.9. The van der Waals surface area contributed by atoms with Gasteiger partial charge in [-0.25, -0.2) is 0 Å². The summed E-state index contributed by atoms with van der Waals surface area (Å²) in [5, 5.41) is 0. The molecule has 4 rings (SSSR count). The number of benzene rings is 2. The Morgan fingerprint density at radius 1 is 1.00 bits per heavy atom. The smallest absolute Gasteiger partial charge is 0.0201 e. The topological polar surface area (TPSA) is 0 Å². The van der Waals surface area contributed by atoms with E-state index in [1.54, 1.807) is 0 Å². The minimum atomic E-state index is 0.303. The highest BCUT2D eigenvalue weighted by Gasteiger charge is 2.40. The quantitative estimate of drug-likeness (QED) is 0.407. The lowest BCUT2D eigenvalue weighted by atomic mass is 9.69. The van der Waals surface area contributed by atoms with E-state index in [0.29, 0.717) is 11.8 Å². The van der Waals surface area contributed by atoms with Crippen molar-refractivity contribution in [1.29, 1.82) is 0 Å². The van der Waals surface area contributed by atoms with Crippen molar-refractivity contribution in [3.8, 4) is 0 Å². The predicted octanol–water partition coefficient (Wildman–Crippen LogP) is 9.30. The SMILES string of the molecule is C=C(CCC)C1=C(C)C=C2CC(=Cc3ccc(C)c(CCC)c3)C(=C)C2C1c1ccccc1. The van der Waals surface area contributed by atoms with E-state index in [2.05, 4.69) is 102 Å². The summed E-state index contributed by atoms with van der Waals surface area (Å²) in [5.41, 5.74) is 13.8. The predicted molar refractivity (Wildman–Crippen MR) is 144 cm³/mol. The van der Waals surface area contributed by atoms with E-state index in [1.807, 2.05) is 0 Å². The molecule has 0 N–H and O–H groups in total. The molecule has 33 heavy (non-hydrogen) atoms. The van der Waals surface area contributed by atoms with Gasteiger partial charge in [0.25, 0.3) is 0 Å². The molecule has 0 aromatic heterocycles. The minimum Gasteiger partial charge on any atom is -0.0955 e. The van der Waals surface area contributed by atoms with Crippen LogP contribution in [0, 0.1) is 12.8 Å². The summed E-state index contributed by atoms with van der Waals surface area (Å²) in [6.07, 6.45) is 10.3. The van der Waals surface area contributed by atoms with Crippen molar-refractivity contribution in [3.05, 3.63) is 123 Å². The first kappa shape index (κ1) is 23.3. The third kappa shape index (κ3) is 4.62. The molecule has 1 saturated carbocycles. The van der Waals surface area contributed by atoms with Gasteiger partial charge in [-0.2, -0.15) is 0 Å². The van der Waals surface area contributed by atoms with Gasteiger partial charge in [0, 0.05) is 11.8 Å². The molecule has 2 aromatic carbocycles. The highest BCUT2D eigenvalue weighted by Crippen LogP contribution is 2.55. The van der Waals surface area contributed by atoms with Crippen LogP contribution in [-0.4, -0.2) is 0 Å². The molecular formula is C33H38. The van der Waals surface area contributed by atoms with Gasteiger partial charge in [-0.1, -0.05) is 112 Å². The molecule has 170 valence electrons. The fraction of sp³-hybridized carbons (Fsp3) is 0.333. The molecule has 0 radical (unpaired) electrons. The van der Waals surface area contributed by atoms with Crippen LogP contribution in [0.4, 0.5) is 0 Å². The molecule has 1 fully saturated rings. The first-order valence-electron chi connectivity index (χ1n) is 12.6. The normalized spacial score (nSPS) is 21.4. The van der Waals surface area contributed by atoms with E-state index in [9.17, 15) is 0 Å². The Bertz CT molecular complexity index is 1150. The maximum atomic E-state index is 4.67. The van der Waals surface area contributed by atoms with Gasteiger partial charge in [-0.3, -0.25) is 0 Å². The third-order valence-electron chi connectivity index (χ3n) is 7.38. The highest BCUT2D eigenvalue weighted by atomic mass is 14.4. The zero-order valence-electron chi connectivity index (χ0n) is 20.9. The number of hydrogen-bond acceptors (Lipinski definition) is 0. The van der Waals surface area contributed by atoms with Gasteiger partial charge in [-0.15, -0.1) is 0 Å². The van der Waals surface area contributed by atoms with Crippen LogP contribution in [-0.2, 0) is 6.42 Å². The van der Waals surface area contributed by atoms with Gasteiger partial charge < -0.3 is 0 Å². The van der Waals surface area contributed by atoms with E-state index < -0.39 is 0 Å².